The van der Waals surface area contributed by atoms with Gasteiger partial charge in [0.05, 0.1) is 0 Å². The highest BCUT2D eigenvalue weighted by Crippen LogP contribution is 2.40. The van der Waals surface area contributed by atoms with E-state index >= 15 is 0 Å². The van der Waals surface area contributed by atoms with Gasteiger partial charge in [-0.25, -0.2) is 4.72 Å². The molecule has 0 aromatic rings. The van der Waals surface area contributed by atoms with Crippen molar-refractivity contribution in [3.05, 3.63) is 0 Å². The van der Waals surface area contributed by atoms with Crippen molar-refractivity contribution in [2.45, 2.75) is 51.9 Å². The van der Waals surface area contributed by atoms with Gasteiger partial charge in [-0.1, -0.05) is 19.8 Å². The van der Waals surface area contributed by atoms with Crippen LogP contribution in [-0.4, -0.2) is 44.1 Å². The molecule has 0 spiro atoms. The van der Waals surface area contributed by atoms with E-state index in [1.165, 1.54) is 17.1 Å². The van der Waals surface area contributed by atoms with Crippen LogP contribution in [0.25, 0.3) is 0 Å². The summed E-state index contributed by atoms with van der Waals surface area (Å²) in [5.74, 6) is 0.0898. The zero-order valence-electron chi connectivity index (χ0n) is 12.5. The summed E-state index contributed by atoms with van der Waals surface area (Å²) in [6, 6.07) is 0. The summed E-state index contributed by atoms with van der Waals surface area (Å²) in [5, 5.41) is 9.21. The van der Waals surface area contributed by atoms with Crippen LogP contribution in [-0.2, 0) is 10.2 Å². The SMILES string of the molecule is CCC1(CNS(=O)(=O)N2CCCC(CO)C2)CCCC1. The lowest BCUT2D eigenvalue weighted by molar-refractivity contribution is 0.164. The fraction of sp³-hybridized carbons (Fsp3) is 1.00. The van der Waals surface area contributed by atoms with E-state index < -0.39 is 10.2 Å². The van der Waals surface area contributed by atoms with E-state index in [4.69, 9.17) is 0 Å². The van der Waals surface area contributed by atoms with Crippen LogP contribution in [0.3, 0.4) is 0 Å². The maximum Gasteiger partial charge on any atom is 0.279 e. The molecule has 1 saturated heterocycles. The molecule has 0 bridgehead atoms. The van der Waals surface area contributed by atoms with Gasteiger partial charge in [-0.3, -0.25) is 0 Å². The summed E-state index contributed by atoms with van der Waals surface area (Å²) in [4.78, 5) is 0. The Morgan fingerprint density at radius 1 is 1.30 bits per heavy atom. The van der Waals surface area contributed by atoms with E-state index in [1.54, 1.807) is 0 Å². The molecule has 0 amide bonds. The molecule has 5 nitrogen and oxygen atoms in total. The fourth-order valence-electron chi connectivity index (χ4n) is 3.51. The van der Waals surface area contributed by atoms with Crippen LogP contribution in [0.5, 0.6) is 0 Å². The predicted molar refractivity (Wildman–Crippen MR) is 79.5 cm³/mol. The molecule has 2 fully saturated rings. The molecule has 6 heteroatoms. The number of hydrogen-bond acceptors (Lipinski definition) is 3. The van der Waals surface area contributed by atoms with Gasteiger partial charge in [-0.2, -0.15) is 12.7 Å². The number of hydrogen-bond donors (Lipinski definition) is 2. The molecule has 1 aliphatic carbocycles. The number of piperidine rings is 1. The normalized spacial score (nSPS) is 27.8. The highest BCUT2D eigenvalue weighted by molar-refractivity contribution is 7.87. The second-order valence-electron chi connectivity index (χ2n) is 6.44. The van der Waals surface area contributed by atoms with Crippen LogP contribution >= 0.6 is 0 Å². The van der Waals surface area contributed by atoms with E-state index in [0.29, 0.717) is 19.6 Å². The predicted octanol–water partition coefficient (Wildman–Crippen LogP) is 1.50. The van der Waals surface area contributed by atoms with Gasteiger partial charge in [0, 0.05) is 26.2 Å². The molecule has 1 heterocycles. The molecule has 1 saturated carbocycles. The van der Waals surface area contributed by atoms with E-state index in [2.05, 4.69) is 11.6 Å². The molecule has 2 rings (SSSR count). The van der Waals surface area contributed by atoms with Gasteiger partial charge in [0.1, 0.15) is 0 Å². The average molecular weight is 304 g/mol. The molecule has 1 atom stereocenters. The Kier molecular flexibility index (Phi) is 5.45. The van der Waals surface area contributed by atoms with Crippen molar-refractivity contribution in [1.29, 1.82) is 0 Å². The maximum absolute atomic E-state index is 12.4. The smallest absolute Gasteiger partial charge is 0.279 e. The van der Waals surface area contributed by atoms with Crippen LogP contribution in [0.4, 0.5) is 0 Å². The second-order valence-corrected chi connectivity index (χ2v) is 8.19. The third-order valence-electron chi connectivity index (χ3n) is 5.12. The summed E-state index contributed by atoms with van der Waals surface area (Å²) in [6.45, 7) is 3.81. The van der Waals surface area contributed by atoms with E-state index in [1.807, 2.05) is 0 Å². The van der Waals surface area contributed by atoms with Crippen molar-refractivity contribution in [3.8, 4) is 0 Å². The molecule has 0 aromatic carbocycles. The topological polar surface area (TPSA) is 69.6 Å². The van der Waals surface area contributed by atoms with Crippen molar-refractivity contribution >= 4 is 10.2 Å². The summed E-state index contributed by atoms with van der Waals surface area (Å²) >= 11 is 0. The van der Waals surface area contributed by atoms with E-state index in [0.717, 1.165) is 32.1 Å². The lowest BCUT2D eigenvalue weighted by Crippen LogP contribution is -2.48. The molecule has 0 aromatic heterocycles. The summed E-state index contributed by atoms with van der Waals surface area (Å²) in [7, 11) is -3.39. The molecule has 118 valence electrons. The number of rotatable bonds is 6. The van der Waals surface area contributed by atoms with Crippen LogP contribution in [0.1, 0.15) is 51.9 Å². The summed E-state index contributed by atoms with van der Waals surface area (Å²) in [5.41, 5.74) is 0.166. The Hall–Kier alpha value is -0.170. The van der Waals surface area contributed by atoms with Crippen LogP contribution in [0.15, 0.2) is 0 Å². The maximum atomic E-state index is 12.4. The van der Waals surface area contributed by atoms with Crippen LogP contribution in [0.2, 0.25) is 0 Å². The first-order valence-electron chi connectivity index (χ1n) is 7.87. The lowest BCUT2D eigenvalue weighted by Gasteiger charge is -2.33. The third kappa shape index (κ3) is 3.72. The largest absolute Gasteiger partial charge is 0.396 e. The minimum atomic E-state index is -3.39. The van der Waals surface area contributed by atoms with Crippen molar-refractivity contribution in [1.82, 2.24) is 9.03 Å². The second kappa shape index (κ2) is 6.73. The Balaban J connectivity index is 1.93. The molecule has 2 aliphatic rings. The van der Waals surface area contributed by atoms with Crippen molar-refractivity contribution in [2.24, 2.45) is 11.3 Å². The Morgan fingerprint density at radius 2 is 2.00 bits per heavy atom. The minimum Gasteiger partial charge on any atom is -0.396 e. The van der Waals surface area contributed by atoms with Gasteiger partial charge >= 0.3 is 0 Å². The molecule has 1 unspecified atom stereocenters. The molecular weight excluding hydrogens is 276 g/mol. The third-order valence-corrected chi connectivity index (χ3v) is 6.64. The molecule has 20 heavy (non-hydrogen) atoms. The monoisotopic (exact) mass is 304 g/mol. The number of nitrogens with zero attached hydrogens (tertiary/aromatic N) is 1. The van der Waals surface area contributed by atoms with Crippen molar-refractivity contribution in [2.75, 3.05) is 26.2 Å². The van der Waals surface area contributed by atoms with Gasteiger partial charge in [0.25, 0.3) is 10.2 Å². The quantitative estimate of drug-likeness (QED) is 0.781. The minimum absolute atomic E-state index is 0.0743. The van der Waals surface area contributed by atoms with Gasteiger partial charge < -0.3 is 5.11 Å². The first kappa shape index (κ1) is 16.2. The zero-order valence-corrected chi connectivity index (χ0v) is 13.3. The van der Waals surface area contributed by atoms with Crippen molar-refractivity contribution < 1.29 is 13.5 Å². The Bertz CT molecular complexity index is 405. The average Bonchev–Trinajstić information content (AvgIpc) is 2.95. The standard InChI is InChI=1S/C14H28N2O3S/c1-2-14(7-3-4-8-14)12-15-20(18,19)16-9-5-6-13(10-16)11-17/h13,15,17H,2-12H2,1H3. The zero-order chi connectivity index (χ0) is 14.6. The Morgan fingerprint density at radius 3 is 2.60 bits per heavy atom. The van der Waals surface area contributed by atoms with Crippen molar-refractivity contribution in [3.63, 3.8) is 0 Å². The van der Waals surface area contributed by atoms with E-state index in [9.17, 15) is 13.5 Å². The van der Waals surface area contributed by atoms with E-state index in [-0.39, 0.29) is 17.9 Å². The summed E-state index contributed by atoms with van der Waals surface area (Å²) < 4.78 is 29.1. The molecule has 0 radical (unpaired) electrons. The van der Waals surface area contributed by atoms with Gasteiger partial charge in [0.2, 0.25) is 0 Å². The van der Waals surface area contributed by atoms with Gasteiger partial charge in [-0.05, 0) is 43.4 Å². The lowest BCUT2D eigenvalue weighted by atomic mass is 9.84. The molecule has 2 N–H and O–H groups in total. The number of aliphatic hydroxyl groups excluding tert-OH is 1. The number of nitrogens with one attached hydrogen (secondary N) is 1. The summed E-state index contributed by atoms with van der Waals surface area (Å²) in [6.07, 6.45) is 7.48. The molecular formula is C14H28N2O3S. The van der Waals surface area contributed by atoms with Gasteiger partial charge in [-0.15, -0.1) is 0 Å². The van der Waals surface area contributed by atoms with Gasteiger partial charge in [0.15, 0.2) is 0 Å². The first-order valence-corrected chi connectivity index (χ1v) is 9.31. The highest BCUT2D eigenvalue weighted by atomic mass is 32.2. The Labute approximate surface area is 122 Å². The van der Waals surface area contributed by atoms with Crippen LogP contribution in [0, 0.1) is 11.3 Å². The highest BCUT2D eigenvalue weighted by Gasteiger charge is 2.35. The fourth-order valence-corrected chi connectivity index (χ4v) is 4.96. The first-order chi connectivity index (χ1) is 9.51. The number of aliphatic hydroxyl groups is 1. The molecule has 1 aliphatic heterocycles. The van der Waals surface area contributed by atoms with Crippen LogP contribution < -0.4 is 4.72 Å².